The van der Waals surface area contributed by atoms with Crippen LogP contribution in [-0.4, -0.2) is 59.4 Å². The van der Waals surface area contributed by atoms with Crippen molar-refractivity contribution in [1.82, 2.24) is 4.90 Å². The molecule has 136 valence electrons. The predicted molar refractivity (Wildman–Crippen MR) is 93.5 cm³/mol. The first-order chi connectivity index (χ1) is 12.0. The molecule has 1 unspecified atom stereocenters. The Kier molecular flexibility index (Phi) is 7.16. The lowest BCUT2D eigenvalue weighted by molar-refractivity contribution is -0.128. The third kappa shape index (κ3) is 5.69. The molecule has 1 aromatic carbocycles. The molecule has 1 aliphatic heterocycles. The van der Waals surface area contributed by atoms with Gasteiger partial charge in [0.25, 0.3) is 0 Å². The third-order valence-electron chi connectivity index (χ3n) is 4.39. The number of likely N-dealkylation sites (tertiary alicyclic amines) is 1. The van der Waals surface area contributed by atoms with Crippen LogP contribution in [-0.2, 0) is 16.0 Å². The zero-order valence-electron chi connectivity index (χ0n) is 14.4. The SMILES string of the molecule is COCCC(O)/C=C/[C@H]1CCC(=O)N1CCc1ccc(C(=O)O)cc1. The van der Waals surface area contributed by atoms with Crippen molar-refractivity contribution in [3.63, 3.8) is 0 Å². The van der Waals surface area contributed by atoms with Gasteiger partial charge in [0.05, 0.1) is 17.7 Å². The molecular formula is C19H25NO5. The second kappa shape index (κ2) is 9.34. The number of ether oxygens (including phenoxy) is 1. The normalized spacial score (nSPS) is 18.9. The van der Waals surface area contributed by atoms with Crippen LogP contribution in [0.2, 0.25) is 0 Å². The standard InChI is InChI=1S/C19H25NO5/c1-25-13-11-17(21)8-6-16-7-9-18(22)20(16)12-10-14-2-4-15(5-3-14)19(23)24/h2-6,8,16-17,21H,7,9-13H2,1H3,(H,23,24)/b8-6+/t16-,17?/m0/s1. The summed E-state index contributed by atoms with van der Waals surface area (Å²) in [6.07, 6.45) is 5.54. The number of carboxylic acids is 1. The number of nitrogens with zero attached hydrogens (tertiary/aromatic N) is 1. The molecule has 25 heavy (non-hydrogen) atoms. The largest absolute Gasteiger partial charge is 0.478 e. The Morgan fingerprint density at radius 1 is 1.40 bits per heavy atom. The summed E-state index contributed by atoms with van der Waals surface area (Å²) >= 11 is 0. The van der Waals surface area contributed by atoms with Gasteiger partial charge < -0.3 is 19.8 Å². The molecule has 0 radical (unpaired) electrons. The topological polar surface area (TPSA) is 87.1 Å². The Balaban J connectivity index is 1.90. The van der Waals surface area contributed by atoms with Gasteiger partial charge in [-0.15, -0.1) is 0 Å². The number of aromatic carboxylic acids is 1. The number of hydrogen-bond acceptors (Lipinski definition) is 4. The molecule has 6 nitrogen and oxygen atoms in total. The van der Waals surface area contributed by atoms with Gasteiger partial charge in [0.1, 0.15) is 0 Å². The molecule has 1 amide bonds. The average molecular weight is 347 g/mol. The van der Waals surface area contributed by atoms with Crippen molar-refractivity contribution in [2.45, 2.75) is 37.8 Å². The summed E-state index contributed by atoms with van der Waals surface area (Å²) in [5.41, 5.74) is 1.25. The molecule has 1 aliphatic rings. The van der Waals surface area contributed by atoms with Crippen molar-refractivity contribution in [2.24, 2.45) is 0 Å². The molecule has 0 aromatic heterocycles. The van der Waals surface area contributed by atoms with E-state index in [0.717, 1.165) is 12.0 Å². The van der Waals surface area contributed by atoms with Crippen LogP contribution >= 0.6 is 0 Å². The number of carboxylic acid groups (broad SMARTS) is 1. The van der Waals surface area contributed by atoms with Crippen LogP contribution in [0.25, 0.3) is 0 Å². The number of rotatable bonds is 9. The summed E-state index contributed by atoms with van der Waals surface area (Å²) in [5.74, 6) is -0.832. The molecule has 1 saturated heterocycles. The number of amides is 1. The minimum Gasteiger partial charge on any atom is -0.478 e. The van der Waals surface area contributed by atoms with Gasteiger partial charge >= 0.3 is 5.97 Å². The molecule has 0 saturated carbocycles. The summed E-state index contributed by atoms with van der Waals surface area (Å²) in [6.45, 7) is 1.07. The van der Waals surface area contributed by atoms with Crippen molar-refractivity contribution in [1.29, 1.82) is 0 Å². The highest BCUT2D eigenvalue weighted by Gasteiger charge is 2.28. The maximum absolute atomic E-state index is 12.1. The smallest absolute Gasteiger partial charge is 0.335 e. The molecule has 0 bridgehead atoms. The zero-order valence-corrected chi connectivity index (χ0v) is 14.4. The molecule has 1 aromatic rings. The van der Waals surface area contributed by atoms with E-state index in [-0.39, 0.29) is 17.5 Å². The van der Waals surface area contributed by atoms with Gasteiger partial charge in [0, 0.05) is 33.1 Å². The zero-order chi connectivity index (χ0) is 18.2. The van der Waals surface area contributed by atoms with E-state index >= 15 is 0 Å². The summed E-state index contributed by atoms with van der Waals surface area (Å²) < 4.78 is 4.94. The first-order valence-corrected chi connectivity index (χ1v) is 8.48. The van der Waals surface area contributed by atoms with Crippen molar-refractivity contribution < 1.29 is 24.5 Å². The highest BCUT2D eigenvalue weighted by Crippen LogP contribution is 2.21. The lowest BCUT2D eigenvalue weighted by Crippen LogP contribution is -2.33. The Morgan fingerprint density at radius 3 is 2.76 bits per heavy atom. The molecule has 2 rings (SSSR count). The maximum Gasteiger partial charge on any atom is 0.335 e. The number of hydrogen-bond donors (Lipinski definition) is 2. The minimum atomic E-state index is -0.946. The number of benzene rings is 1. The fourth-order valence-corrected chi connectivity index (χ4v) is 2.90. The average Bonchev–Trinajstić information content (AvgIpc) is 2.96. The summed E-state index contributed by atoms with van der Waals surface area (Å²) in [7, 11) is 1.59. The second-order valence-electron chi connectivity index (χ2n) is 6.18. The number of aliphatic hydroxyl groups is 1. The highest BCUT2D eigenvalue weighted by atomic mass is 16.5. The van der Waals surface area contributed by atoms with Crippen LogP contribution in [0, 0.1) is 0 Å². The minimum absolute atomic E-state index is 0.00277. The Bertz CT molecular complexity index is 611. The first-order valence-electron chi connectivity index (χ1n) is 8.48. The van der Waals surface area contributed by atoms with Gasteiger partial charge in [0.2, 0.25) is 5.91 Å². The van der Waals surface area contributed by atoms with Crippen LogP contribution in [0.1, 0.15) is 35.2 Å². The monoisotopic (exact) mass is 347 g/mol. The number of methoxy groups -OCH3 is 1. The van der Waals surface area contributed by atoms with Gasteiger partial charge in [-0.25, -0.2) is 4.79 Å². The van der Waals surface area contributed by atoms with Gasteiger partial charge in [0.15, 0.2) is 0 Å². The number of carbonyl (C=O) groups is 2. The molecule has 1 fully saturated rings. The van der Waals surface area contributed by atoms with E-state index in [1.807, 2.05) is 11.0 Å². The summed E-state index contributed by atoms with van der Waals surface area (Å²) in [5, 5.41) is 18.8. The fraction of sp³-hybridized carbons (Fsp3) is 0.474. The van der Waals surface area contributed by atoms with E-state index < -0.39 is 12.1 Å². The maximum atomic E-state index is 12.1. The van der Waals surface area contributed by atoms with Gasteiger partial charge in [-0.2, -0.15) is 0 Å². The van der Waals surface area contributed by atoms with E-state index in [2.05, 4.69) is 0 Å². The molecule has 0 spiro atoms. The van der Waals surface area contributed by atoms with Crippen molar-refractivity contribution in [3.05, 3.63) is 47.5 Å². The lowest BCUT2D eigenvalue weighted by Gasteiger charge is -2.22. The first kappa shape index (κ1) is 19.1. The van der Waals surface area contributed by atoms with E-state index in [4.69, 9.17) is 9.84 Å². The third-order valence-corrected chi connectivity index (χ3v) is 4.39. The summed E-state index contributed by atoms with van der Waals surface area (Å²) in [6, 6.07) is 6.72. The second-order valence-corrected chi connectivity index (χ2v) is 6.18. The van der Waals surface area contributed by atoms with E-state index in [1.54, 1.807) is 37.5 Å². The van der Waals surface area contributed by atoms with Crippen molar-refractivity contribution >= 4 is 11.9 Å². The summed E-state index contributed by atoms with van der Waals surface area (Å²) in [4.78, 5) is 24.8. The van der Waals surface area contributed by atoms with Crippen molar-refractivity contribution in [2.75, 3.05) is 20.3 Å². The van der Waals surface area contributed by atoms with Gasteiger partial charge in [-0.1, -0.05) is 24.3 Å². The van der Waals surface area contributed by atoms with E-state index in [1.165, 1.54) is 0 Å². The molecule has 6 heteroatoms. The van der Waals surface area contributed by atoms with E-state index in [9.17, 15) is 14.7 Å². The number of aliphatic hydroxyl groups excluding tert-OH is 1. The van der Waals surface area contributed by atoms with Crippen LogP contribution in [0.15, 0.2) is 36.4 Å². The van der Waals surface area contributed by atoms with Crippen LogP contribution in [0.4, 0.5) is 0 Å². The molecule has 2 N–H and O–H groups in total. The van der Waals surface area contributed by atoms with E-state index in [0.29, 0.717) is 32.4 Å². The predicted octanol–water partition coefficient (Wildman–Crippen LogP) is 1.87. The highest BCUT2D eigenvalue weighted by molar-refractivity contribution is 5.87. The quantitative estimate of drug-likeness (QED) is 0.666. The van der Waals surface area contributed by atoms with Crippen LogP contribution in [0.5, 0.6) is 0 Å². The Labute approximate surface area is 147 Å². The van der Waals surface area contributed by atoms with Gasteiger partial charge in [-0.05, 0) is 30.5 Å². The van der Waals surface area contributed by atoms with Crippen LogP contribution in [0.3, 0.4) is 0 Å². The molecule has 0 aliphatic carbocycles. The molecule has 1 heterocycles. The van der Waals surface area contributed by atoms with Crippen molar-refractivity contribution in [3.8, 4) is 0 Å². The fourth-order valence-electron chi connectivity index (χ4n) is 2.90. The molecular weight excluding hydrogens is 322 g/mol. The molecule has 2 atom stereocenters. The lowest BCUT2D eigenvalue weighted by atomic mass is 10.1. The number of carbonyl (C=O) groups excluding carboxylic acids is 1. The Hall–Kier alpha value is -2.18. The Morgan fingerprint density at radius 2 is 2.12 bits per heavy atom. The van der Waals surface area contributed by atoms with Gasteiger partial charge in [-0.3, -0.25) is 4.79 Å². The van der Waals surface area contributed by atoms with Crippen LogP contribution < -0.4 is 0 Å².